The SMILES string of the molecule is Cl.O=c1[nH]c([C@H]2CC[C@@H](N3CCN(c4ccc(F)cc4)CC3)C2)nc2c1CC1(CC2)CC1. The van der Waals surface area contributed by atoms with Crippen molar-refractivity contribution >= 4 is 18.1 Å². The van der Waals surface area contributed by atoms with Gasteiger partial charge in [0.2, 0.25) is 0 Å². The summed E-state index contributed by atoms with van der Waals surface area (Å²) in [5.74, 6) is 1.12. The third-order valence-corrected chi connectivity index (χ3v) is 8.33. The Morgan fingerprint density at radius 3 is 2.50 bits per heavy atom. The molecule has 2 saturated carbocycles. The summed E-state index contributed by atoms with van der Waals surface area (Å²) in [4.78, 5) is 25.9. The number of fused-ring (bicyclic) bond motifs is 1. The second kappa shape index (κ2) is 8.45. The number of halogens is 2. The van der Waals surface area contributed by atoms with E-state index in [9.17, 15) is 9.18 Å². The molecule has 1 saturated heterocycles. The Balaban J connectivity index is 0.00000216. The zero-order valence-corrected chi connectivity index (χ0v) is 19.3. The standard InChI is InChI=1S/C25H31FN4O.ClH/c26-18-2-5-19(6-3-18)29-11-13-30(14-12-29)20-4-1-17(15-20)23-27-22-7-8-25(9-10-25)16-21(22)24(31)28-23;/h2-3,5-6,17,20H,1,4,7-16H2,(H,27,28,31);1H/t17-,20+;/m0./s1. The maximum absolute atomic E-state index is 13.2. The van der Waals surface area contributed by atoms with Crippen LogP contribution in [0, 0.1) is 11.2 Å². The fraction of sp³-hybridized carbons (Fsp3) is 0.600. The minimum atomic E-state index is -0.180. The molecule has 2 atom stereocenters. The van der Waals surface area contributed by atoms with Gasteiger partial charge in [0.25, 0.3) is 5.56 Å². The number of benzene rings is 1. The molecular weight excluding hydrogens is 427 g/mol. The van der Waals surface area contributed by atoms with Gasteiger partial charge >= 0.3 is 0 Å². The number of piperazine rings is 1. The number of nitrogens with zero attached hydrogens (tertiary/aromatic N) is 3. The molecule has 6 rings (SSSR count). The van der Waals surface area contributed by atoms with Gasteiger partial charge in [0.1, 0.15) is 11.6 Å². The van der Waals surface area contributed by atoms with Crippen LogP contribution in [0.2, 0.25) is 0 Å². The molecule has 2 heterocycles. The van der Waals surface area contributed by atoms with Crippen molar-refractivity contribution in [2.75, 3.05) is 31.1 Å². The predicted molar refractivity (Wildman–Crippen MR) is 126 cm³/mol. The number of hydrogen-bond acceptors (Lipinski definition) is 4. The average molecular weight is 459 g/mol. The Morgan fingerprint density at radius 1 is 1.03 bits per heavy atom. The van der Waals surface area contributed by atoms with Crippen LogP contribution in [0.4, 0.5) is 10.1 Å². The van der Waals surface area contributed by atoms with Gasteiger partial charge < -0.3 is 9.88 Å². The van der Waals surface area contributed by atoms with Gasteiger partial charge in [0.15, 0.2) is 0 Å². The monoisotopic (exact) mass is 458 g/mol. The molecule has 32 heavy (non-hydrogen) atoms. The highest BCUT2D eigenvalue weighted by atomic mass is 35.5. The molecule has 172 valence electrons. The van der Waals surface area contributed by atoms with Crippen LogP contribution in [0.15, 0.2) is 29.1 Å². The van der Waals surface area contributed by atoms with Crippen LogP contribution in [0.5, 0.6) is 0 Å². The van der Waals surface area contributed by atoms with Crippen LogP contribution >= 0.6 is 12.4 Å². The van der Waals surface area contributed by atoms with Crippen molar-refractivity contribution in [3.8, 4) is 0 Å². The van der Waals surface area contributed by atoms with E-state index < -0.39 is 0 Å². The molecule has 1 aromatic heterocycles. The first-order valence-corrected chi connectivity index (χ1v) is 12.0. The number of H-pyrrole nitrogens is 1. The van der Waals surface area contributed by atoms with Crippen molar-refractivity contribution in [1.29, 1.82) is 0 Å². The normalized spacial score (nSPS) is 26.6. The number of hydrogen-bond donors (Lipinski definition) is 1. The van der Waals surface area contributed by atoms with Gasteiger partial charge in [-0.15, -0.1) is 12.4 Å². The predicted octanol–water partition coefficient (Wildman–Crippen LogP) is 4.06. The Kier molecular flexibility index (Phi) is 5.79. The van der Waals surface area contributed by atoms with E-state index in [1.165, 1.54) is 25.7 Å². The number of aromatic nitrogens is 2. The molecule has 3 aliphatic carbocycles. The molecule has 7 heteroatoms. The molecular formula is C25H32ClFN4O. The topological polar surface area (TPSA) is 52.2 Å². The minimum Gasteiger partial charge on any atom is -0.369 e. The molecule has 5 nitrogen and oxygen atoms in total. The summed E-state index contributed by atoms with van der Waals surface area (Å²) in [7, 11) is 0. The lowest BCUT2D eigenvalue weighted by atomic mass is 9.84. The first-order valence-electron chi connectivity index (χ1n) is 12.0. The van der Waals surface area contributed by atoms with E-state index in [0.29, 0.717) is 17.4 Å². The molecule has 1 aromatic carbocycles. The molecule has 1 spiro atoms. The summed E-state index contributed by atoms with van der Waals surface area (Å²) >= 11 is 0. The fourth-order valence-electron chi connectivity index (χ4n) is 6.13. The van der Waals surface area contributed by atoms with Gasteiger partial charge in [-0.05, 0) is 81.0 Å². The van der Waals surface area contributed by atoms with Crippen molar-refractivity contribution in [2.45, 2.75) is 63.3 Å². The molecule has 0 bridgehead atoms. The second-order valence-corrected chi connectivity index (χ2v) is 10.2. The highest BCUT2D eigenvalue weighted by Crippen LogP contribution is 2.54. The van der Waals surface area contributed by atoms with Gasteiger partial charge in [-0.25, -0.2) is 9.37 Å². The van der Waals surface area contributed by atoms with E-state index in [1.54, 1.807) is 12.1 Å². The lowest BCUT2D eigenvalue weighted by Crippen LogP contribution is -2.49. The Morgan fingerprint density at radius 2 is 1.78 bits per heavy atom. The molecule has 3 fully saturated rings. The van der Waals surface area contributed by atoms with Crippen molar-refractivity contribution in [1.82, 2.24) is 14.9 Å². The number of anilines is 1. The van der Waals surface area contributed by atoms with Gasteiger partial charge in [0, 0.05) is 49.4 Å². The van der Waals surface area contributed by atoms with Crippen LogP contribution in [-0.4, -0.2) is 47.1 Å². The molecule has 1 N–H and O–H groups in total. The third-order valence-electron chi connectivity index (χ3n) is 8.33. The van der Waals surface area contributed by atoms with Crippen LogP contribution in [0.25, 0.3) is 0 Å². The van der Waals surface area contributed by atoms with Crippen molar-refractivity contribution in [3.05, 3.63) is 57.5 Å². The fourth-order valence-corrected chi connectivity index (χ4v) is 6.13. The molecule has 0 radical (unpaired) electrons. The van der Waals surface area contributed by atoms with Gasteiger partial charge in [-0.3, -0.25) is 9.69 Å². The maximum atomic E-state index is 13.2. The van der Waals surface area contributed by atoms with Crippen LogP contribution in [0.3, 0.4) is 0 Å². The number of aromatic amines is 1. The van der Waals surface area contributed by atoms with Crippen molar-refractivity contribution < 1.29 is 4.39 Å². The Hall–Kier alpha value is -1.92. The van der Waals surface area contributed by atoms with E-state index in [-0.39, 0.29) is 23.8 Å². The lowest BCUT2D eigenvalue weighted by Gasteiger charge is -2.39. The van der Waals surface area contributed by atoms with Crippen LogP contribution < -0.4 is 10.5 Å². The Bertz CT molecular complexity index is 1030. The lowest BCUT2D eigenvalue weighted by molar-refractivity contribution is 0.186. The highest BCUT2D eigenvalue weighted by Gasteiger charge is 2.46. The summed E-state index contributed by atoms with van der Waals surface area (Å²) in [6.07, 6.45) is 9.06. The summed E-state index contributed by atoms with van der Waals surface area (Å²) < 4.78 is 13.2. The number of nitrogens with one attached hydrogen (secondary N) is 1. The molecule has 4 aliphatic rings. The molecule has 1 aliphatic heterocycles. The first-order chi connectivity index (χ1) is 15.1. The summed E-state index contributed by atoms with van der Waals surface area (Å²) in [5, 5.41) is 0. The smallest absolute Gasteiger partial charge is 0.254 e. The van der Waals surface area contributed by atoms with Gasteiger partial charge in [0.05, 0.1) is 5.69 Å². The average Bonchev–Trinajstić information content (AvgIpc) is 3.35. The van der Waals surface area contributed by atoms with Crippen LogP contribution in [0.1, 0.15) is 61.5 Å². The van der Waals surface area contributed by atoms with Crippen molar-refractivity contribution in [2.24, 2.45) is 5.41 Å². The summed E-state index contributed by atoms with van der Waals surface area (Å²) in [5.41, 5.74) is 3.72. The van der Waals surface area contributed by atoms with Crippen LogP contribution in [-0.2, 0) is 12.8 Å². The van der Waals surface area contributed by atoms with Gasteiger partial charge in [-0.2, -0.15) is 0 Å². The summed E-state index contributed by atoms with van der Waals surface area (Å²) in [6, 6.07) is 7.40. The number of aryl methyl sites for hydroxylation is 1. The van der Waals surface area contributed by atoms with Gasteiger partial charge in [-0.1, -0.05) is 0 Å². The zero-order valence-electron chi connectivity index (χ0n) is 18.5. The summed E-state index contributed by atoms with van der Waals surface area (Å²) in [6.45, 7) is 4.01. The van der Waals surface area contributed by atoms with E-state index in [4.69, 9.17) is 4.98 Å². The maximum Gasteiger partial charge on any atom is 0.254 e. The van der Waals surface area contributed by atoms with E-state index >= 15 is 0 Å². The quantitative estimate of drug-likeness (QED) is 0.753. The van der Waals surface area contributed by atoms with E-state index in [0.717, 1.165) is 74.6 Å². The minimum absolute atomic E-state index is 0. The number of rotatable bonds is 3. The zero-order chi connectivity index (χ0) is 21.0. The van der Waals surface area contributed by atoms with Crippen molar-refractivity contribution in [3.63, 3.8) is 0 Å². The van der Waals surface area contributed by atoms with E-state index in [2.05, 4.69) is 14.8 Å². The largest absolute Gasteiger partial charge is 0.369 e. The highest BCUT2D eigenvalue weighted by molar-refractivity contribution is 5.85. The first kappa shape index (κ1) is 21.9. The third kappa shape index (κ3) is 4.08. The molecule has 0 amide bonds. The molecule has 2 aromatic rings. The van der Waals surface area contributed by atoms with E-state index in [1.807, 2.05) is 12.1 Å². The second-order valence-electron chi connectivity index (χ2n) is 10.2. The Labute approximate surface area is 194 Å². The molecule has 0 unspecified atom stereocenters.